The van der Waals surface area contributed by atoms with Crippen molar-refractivity contribution < 1.29 is 0 Å². The molecule has 0 atom stereocenters. The van der Waals surface area contributed by atoms with Crippen molar-refractivity contribution in [3.8, 4) is 0 Å². The van der Waals surface area contributed by atoms with Gasteiger partial charge in [0.05, 0.1) is 30.2 Å². The molecule has 4 fully saturated rings. The van der Waals surface area contributed by atoms with Gasteiger partial charge in [0.15, 0.2) is 0 Å². The van der Waals surface area contributed by atoms with Gasteiger partial charge < -0.3 is 0 Å². The largest absolute Gasteiger partial charge is 0.146 e. The molecule has 41 heavy (non-hydrogen) atoms. The zero-order valence-corrected chi connectivity index (χ0v) is 27.1. The van der Waals surface area contributed by atoms with Crippen LogP contribution in [0.15, 0.2) is 60.7 Å². The first-order chi connectivity index (χ1) is 20.3. The molecule has 2 aromatic rings. The molecule has 0 amide bonds. The van der Waals surface area contributed by atoms with Crippen LogP contribution in [0.25, 0.3) is 0 Å². The van der Waals surface area contributed by atoms with E-state index in [-0.39, 0.29) is 0 Å². The van der Waals surface area contributed by atoms with Crippen LogP contribution in [-0.2, 0) is 0 Å². The summed E-state index contributed by atoms with van der Waals surface area (Å²) < 4.78 is 0. The average molecular weight is 567 g/mol. The Labute approximate surface area is 255 Å². The van der Waals surface area contributed by atoms with Gasteiger partial charge in [-0.1, -0.05) is 175 Å². The highest BCUT2D eigenvalue weighted by Gasteiger charge is 2.42. The van der Waals surface area contributed by atoms with Crippen molar-refractivity contribution in [2.75, 3.05) is 12.3 Å². The van der Waals surface area contributed by atoms with Crippen molar-refractivity contribution in [3.05, 3.63) is 60.7 Å². The molecular formula is C38H58B2P+. The molecule has 4 bridgehead atoms. The maximum Gasteiger partial charge on any atom is 0.146 e. The summed E-state index contributed by atoms with van der Waals surface area (Å²) in [5.74, 6) is 4.32. The third-order valence-corrected chi connectivity index (χ3v) is 17.4. The van der Waals surface area contributed by atoms with Crippen molar-refractivity contribution >= 4 is 31.3 Å². The first-order valence-corrected chi connectivity index (χ1v) is 20.5. The van der Waals surface area contributed by atoms with E-state index >= 15 is 0 Å². The second kappa shape index (κ2) is 15.1. The van der Waals surface area contributed by atoms with Crippen LogP contribution in [0.1, 0.15) is 116 Å². The lowest BCUT2D eigenvalue weighted by Crippen LogP contribution is -2.34. The van der Waals surface area contributed by atoms with Crippen LogP contribution in [-0.4, -0.2) is 25.7 Å². The van der Waals surface area contributed by atoms with E-state index in [1.165, 1.54) is 89.2 Å². The highest BCUT2D eigenvalue weighted by atomic mass is 31.2. The zero-order chi connectivity index (χ0) is 27.7. The summed E-state index contributed by atoms with van der Waals surface area (Å²) in [6, 6.07) is 23.7. The summed E-state index contributed by atoms with van der Waals surface area (Å²) in [6.07, 6.45) is 33.0. The Morgan fingerprint density at radius 3 is 1.12 bits per heavy atom. The van der Waals surface area contributed by atoms with Gasteiger partial charge in [-0.2, -0.15) is 0 Å². The molecule has 2 aromatic carbocycles. The van der Waals surface area contributed by atoms with Gasteiger partial charge in [0.25, 0.3) is 0 Å². The molecule has 0 aliphatic carbocycles. The summed E-state index contributed by atoms with van der Waals surface area (Å²) >= 11 is 0. The highest BCUT2D eigenvalue weighted by Crippen LogP contribution is 2.58. The molecule has 0 aromatic heterocycles. The molecule has 0 saturated carbocycles. The molecule has 220 valence electrons. The van der Waals surface area contributed by atoms with E-state index in [9.17, 15) is 0 Å². The molecule has 4 aliphatic rings. The van der Waals surface area contributed by atoms with E-state index in [4.69, 9.17) is 0 Å². The second-order valence-electron chi connectivity index (χ2n) is 14.9. The Kier molecular flexibility index (Phi) is 11.1. The van der Waals surface area contributed by atoms with E-state index in [2.05, 4.69) is 60.7 Å². The SMILES string of the molecule is c1ccc([P+](CCCCCB2C3CCCC2CCC3)(CCCCCB2C3CCCC2CCC3)c2ccccc2)cc1. The Morgan fingerprint density at radius 2 is 0.780 bits per heavy atom. The molecule has 4 heterocycles. The highest BCUT2D eigenvalue weighted by molar-refractivity contribution is 7.89. The summed E-state index contributed by atoms with van der Waals surface area (Å²) in [5.41, 5.74) is 0. The fraction of sp³-hybridized carbons (Fsp3) is 0.684. The van der Waals surface area contributed by atoms with Gasteiger partial charge in [-0.15, -0.1) is 0 Å². The first-order valence-electron chi connectivity index (χ1n) is 18.3. The number of unbranched alkanes of at least 4 members (excludes halogenated alkanes) is 4. The van der Waals surface area contributed by atoms with E-state index in [0.717, 1.165) is 36.7 Å². The van der Waals surface area contributed by atoms with Gasteiger partial charge in [-0.05, 0) is 37.1 Å². The smallest absolute Gasteiger partial charge is 0.0737 e. The molecule has 0 radical (unpaired) electrons. The van der Waals surface area contributed by atoms with Gasteiger partial charge in [0, 0.05) is 0 Å². The number of benzene rings is 2. The Morgan fingerprint density at radius 1 is 0.439 bits per heavy atom. The van der Waals surface area contributed by atoms with Crippen LogP contribution < -0.4 is 10.6 Å². The quantitative estimate of drug-likeness (QED) is 0.121. The number of fused-ring (bicyclic) bond motifs is 4. The van der Waals surface area contributed by atoms with Gasteiger partial charge in [-0.3, -0.25) is 0 Å². The van der Waals surface area contributed by atoms with Crippen molar-refractivity contribution in [2.24, 2.45) is 0 Å². The topological polar surface area (TPSA) is 0 Å². The minimum atomic E-state index is -1.38. The molecule has 4 saturated heterocycles. The number of hydrogen-bond donors (Lipinski definition) is 0. The predicted octanol–water partition coefficient (Wildman–Crippen LogP) is 11.2. The Balaban J connectivity index is 1.07. The van der Waals surface area contributed by atoms with Crippen LogP contribution in [0.4, 0.5) is 0 Å². The van der Waals surface area contributed by atoms with Crippen molar-refractivity contribution in [1.29, 1.82) is 0 Å². The maximum absolute atomic E-state index is 2.49. The Bertz CT molecular complexity index is 898. The van der Waals surface area contributed by atoms with Gasteiger partial charge in [0.2, 0.25) is 0 Å². The summed E-state index contributed by atoms with van der Waals surface area (Å²) in [6.45, 7) is 2.15. The fourth-order valence-electron chi connectivity index (χ4n) is 10.7. The van der Waals surface area contributed by atoms with Gasteiger partial charge in [0.1, 0.15) is 13.4 Å². The lowest BCUT2D eigenvalue weighted by molar-refractivity contribution is 0.440. The third kappa shape index (κ3) is 7.39. The molecule has 3 heteroatoms. The van der Waals surface area contributed by atoms with E-state index in [1.807, 2.05) is 0 Å². The second-order valence-corrected chi connectivity index (χ2v) is 18.7. The van der Waals surface area contributed by atoms with Crippen molar-refractivity contribution in [2.45, 2.75) is 151 Å². The monoisotopic (exact) mass is 567 g/mol. The Hall–Kier alpha value is -1.00. The molecule has 0 N–H and O–H groups in total. The molecule has 0 unspecified atom stereocenters. The van der Waals surface area contributed by atoms with Crippen LogP contribution in [0.3, 0.4) is 0 Å². The lowest BCUT2D eigenvalue weighted by atomic mass is 9.26. The molecule has 4 aliphatic heterocycles. The standard InChI is InChI=1S/C38H58B2P/c1-5-25-37(26-6-1)41(38-27-7-2-8-28-38,31-11-3-9-29-39-33-17-13-18-34(39)20-14-19-33)32-12-4-10-30-40-35-21-15-22-36(40)24-16-23-35/h1-2,5-8,25-28,33-36H,3-4,9-24,29-32H2/q+1. The normalized spacial score (nSPS) is 26.2. The van der Waals surface area contributed by atoms with E-state index < -0.39 is 7.26 Å². The van der Waals surface area contributed by atoms with E-state index in [1.54, 1.807) is 62.0 Å². The minimum absolute atomic E-state index is 1.07. The van der Waals surface area contributed by atoms with Crippen molar-refractivity contribution in [3.63, 3.8) is 0 Å². The van der Waals surface area contributed by atoms with Crippen LogP contribution in [0.5, 0.6) is 0 Å². The van der Waals surface area contributed by atoms with Crippen LogP contribution >= 0.6 is 7.26 Å². The average Bonchev–Trinajstić information content (AvgIpc) is 3.00. The number of rotatable bonds is 14. The molecule has 0 nitrogen and oxygen atoms in total. The van der Waals surface area contributed by atoms with Gasteiger partial charge in [-0.25, -0.2) is 0 Å². The van der Waals surface area contributed by atoms with Crippen LogP contribution in [0, 0.1) is 0 Å². The maximum atomic E-state index is 2.49. The fourth-order valence-corrected chi connectivity index (χ4v) is 15.2. The summed E-state index contributed by atoms with van der Waals surface area (Å²) in [7, 11) is -1.38. The van der Waals surface area contributed by atoms with Gasteiger partial charge >= 0.3 is 0 Å². The molecule has 0 spiro atoms. The van der Waals surface area contributed by atoms with Crippen LogP contribution in [0.2, 0.25) is 35.9 Å². The molecule has 6 rings (SSSR count). The minimum Gasteiger partial charge on any atom is -0.0737 e. The molecular weight excluding hydrogens is 509 g/mol. The number of hydrogen-bond acceptors (Lipinski definition) is 0. The predicted molar refractivity (Wildman–Crippen MR) is 188 cm³/mol. The van der Waals surface area contributed by atoms with Crippen molar-refractivity contribution in [1.82, 2.24) is 0 Å². The summed E-state index contributed by atoms with van der Waals surface area (Å²) in [5, 5.41) is 3.35. The lowest BCUT2D eigenvalue weighted by Gasteiger charge is -2.40. The summed E-state index contributed by atoms with van der Waals surface area (Å²) in [4.78, 5) is 0. The first kappa shape index (κ1) is 30.0. The third-order valence-electron chi connectivity index (χ3n) is 12.7. The zero-order valence-electron chi connectivity index (χ0n) is 26.2. The van der Waals surface area contributed by atoms with E-state index in [0.29, 0.717) is 0 Å².